The Morgan fingerprint density at radius 3 is 2.53 bits per heavy atom. The standard InChI is InChI=1S/C12H17NO2/c1-10(14)2-3-11-4-6-12(7-5-11)15-9-8-13/h4-7H,2-3,8-9,13H2,1H3. The smallest absolute Gasteiger partial charge is 0.130 e. The Balaban J connectivity index is 2.45. The first kappa shape index (κ1) is 11.7. The highest BCUT2D eigenvalue weighted by Gasteiger charge is 1.97. The molecule has 0 aliphatic carbocycles. The number of ether oxygens (including phenoxy) is 1. The first-order valence-corrected chi connectivity index (χ1v) is 5.13. The number of carbonyl (C=O) groups excluding carboxylic acids is 1. The highest BCUT2D eigenvalue weighted by Crippen LogP contribution is 2.13. The maximum Gasteiger partial charge on any atom is 0.130 e. The summed E-state index contributed by atoms with van der Waals surface area (Å²) in [5, 5.41) is 0. The third-order valence-corrected chi connectivity index (χ3v) is 2.08. The number of carbonyl (C=O) groups is 1. The molecule has 0 aliphatic heterocycles. The van der Waals surface area contributed by atoms with E-state index < -0.39 is 0 Å². The second-order valence-corrected chi connectivity index (χ2v) is 3.48. The molecular weight excluding hydrogens is 190 g/mol. The maximum absolute atomic E-state index is 10.8. The lowest BCUT2D eigenvalue weighted by Crippen LogP contribution is -2.10. The lowest BCUT2D eigenvalue weighted by Gasteiger charge is -2.05. The quantitative estimate of drug-likeness (QED) is 0.770. The van der Waals surface area contributed by atoms with Crippen LogP contribution in [0, 0.1) is 0 Å². The van der Waals surface area contributed by atoms with Crippen molar-refractivity contribution in [3.63, 3.8) is 0 Å². The normalized spacial score (nSPS) is 10.0. The zero-order valence-electron chi connectivity index (χ0n) is 9.03. The predicted octanol–water partition coefficient (Wildman–Crippen LogP) is 1.55. The molecule has 0 spiro atoms. The van der Waals surface area contributed by atoms with Crippen molar-refractivity contribution in [2.24, 2.45) is 5.73 Å². The van der Waals surface area contributed by atoms with Crippen LogP contribution >= 0.6 is 0 Å². The van der Waals surface area contributed by atoms with E-state index in [2.05, 4.69) is 0 Å². The fourth-order valence-electron chi connectivity index (χ4n) is 1.25. The van der Waals surface area contributed by atoms with E-state index in [0.29, 0.717) is 19.6 Å². The van der Waals surface area contributed by atoms with Crippen LogP contribution in [0.15, 0.2) is 24.3 Å². The summed E-state index contributed by atoms with van der Waals surface area (Å²) in [6.45, 7) is 2.66. The fraction of sp³-hybridized carbons (Fsp3) is 0.417. The van der Waals surface area contributed by atoms with E-state index in [0.717, 1.165) is 17.7 Å². The number of hydrogen-bond donors (Lipinski definition) is 1. The molecule has 15 heavy (non-hydrogen) atoms. The van der Waals surface area contributed by atoms with Crippen LogP contribution in [0.1, 0.15) is 18.9 Å². The molecule has 0 bridgehead atoms. The Bertz CT molecular complexity index is 306. The minimum atomic E-state index is 0.221. The Kier molecular flexibility index (Phi) is 4.84. The number of aryl methyl sites for hydroxylation is 1. The van der Waals surface area contributed by atoms with Crippen LogP contribution in [0.2, 0.25) is 0 Å². The van der Waals surface area contributed by atoms with Crippen LogP contribution in [0.5, 0.6) is 5.75 Å². The van der Waals surface area contributed by atoms with Gasteiger partial charge in [-0.05, 0) is 31.0 Å². The second-order valence-electron chi connectivity index (χ2n) is 3.48. The number of Topliss-reactive ketones (excluding diaryl/α,β-unsaturated/α-hetero) is 1. The monoisotopic (exact) mass is 207 g/mol. The van der Waals surface area contributed by atoms with E-state index in [1.165, 1.54) is 0 Å². The molecule has 0 aliphatic rings. The lowest BCUT2D eigenvalue weighted by molar-refractivity contribution is -0.116. The number of nitrogens with two attached hydrogens (primary N) is 1. The molecule has 0 aromatic heterocycles. The Morgan fingerprint density at radius 1 is 1.33 bits per heavy atom. The highest BCUT2D eigenvalue weighted by atomic mass is 16.5. The van der Waals surface area contributed by atoms with Crippen molar-refractivity contribution >= 4 is 5.78 Å². The highest BCUT2D eigenvalue weighted by molar-refractivity contribution is 5.75. The van der Waals surface area contributed by atoms with Crippen LogP contribution < -0.4 is 10.5 Å². The number of hydrogen-bond acceptors (Lipinski definition) is 3. The van der Waals surface area contributed by atoms with Gasteiger partial charge in [0.2, 0.25) is 0 Å². The maximum atomic E-state index is 10.8. The van der Waals surface area contributed by atoms with Gasteiger partial charge in [0.15, 0.2) is 0 Å². The molecule has 0 amide bonds. The molecule has 82 valence electrons. The molecule has 0 saturated carbocycles. The molecule has 0 fully saturated rings. The van der Waals surface area contributed by atoms with Gasteiger partial charge in [-0.25, -0.2) is 0 Å². The Labute approximate surface area is 90.2 Å². The predicted molar refractivity (Wildman–Crippen MR) is 60.0 cm³/mol. The number of benzene rings is 1. The van der Waals surface area contributed by atoms with Crippen molar-refractivity contribution in [3.05, 3.63) is 29.8 Å². The first-order chi connectivity index (χ1) is 7.22. The fourth-order valence-corrected chi connectivity index (χ4v) is 1.25. The van der Waals surface area contributed by atoms with Gasteiger partial charge in [0.05, 0.1) is 0 Å². The average Bonchev–Trinajstić information content (AvgIpc) is 2.25. The third kappa shape index (κ3) is 4.61. The van der Waals surface area contributed by atoms with Gasteiger partial charge in [-0.1, -0.05) is 12.1 Å². The largest absolute Gasteiger partial charge is 0.492 e. The molecule has 1 rings (SSSR count). The molecule has 2 N–H and O–H groups in total. The van der Waals surface area contributed by atoms with Crippen molar-refractivity contribution < 1.29 is 9.53 Å². The van der Waals surface area contributed by atoms with Gasteiger partial charge in [-0.2, -0.15) is 0 Å². The van der Waals surface area contributed by atoms with Crippen molar-refractivity contribution in [3.8, 4) is 5.75 Å². The van der Waals surface area contributed by atoms with E-state index in [-0.39, 0.29) is 5.78 Å². The summed E-state index contributed by atoms with van der Waals surface area (Å²) in [6.07, 6.45) is 1.40. The van der Waals surface area contributed by atoms with E-state index in [1.807, 2.05) is 24.3 Å². The van der Waals surface area contributed by atoms with Crippen LogP contribution in [0.4, 0.5) is 0 Å². The van der Waals surface area contributed by atoms with Crippen molar-refractivity contribution in [1.29, 1.82) is 0 Å². The molecular formula is C12H17NO2. The molecule has 1 aromatic carbocycles. The van der Waals surface area contributed by atoms with E-state index in [9.17, 15) is 4.79 Å². The molecule has 0 saturated heterocycles. The van der Waals surface area contributed by atoms with Crippen LogP contribution in [0.25, 0.3) is 0 Å². The molecule has 0 radical (unpaired) electrons. The molecule has 3 nitrogen and oxygen atoms in total. The molecule has 3 heteroatoms. The summed E-state index contributed by atoms with van der Waals surface area (Å²) in [6, 6.07) is 7.78. The molecule has 0 unspecified atom stereocenters. The van der Waals surface area contributed by atoms with Gasteiger partial charge >= 0.3 is 0 Å². The minimum Gasteiger partial charge on any atom is -0.492 e. The van der Waals surface area contributed by atoms with Crippen molar-refractivity contribution in [2.45, 2.75) is 19.8 Å². The lowest BCUT2D eigenvalue weighted by atomic mass is 10.1. The van der Waals surface area contributed by atoms with Crippen LogP contribution in [0.3, 0.4) is 0 Å². The van der Waals surface area contributed by atoms with Gasteiger partial charge in [-0.3, -0.25) is 0 Å². The van der Waals surface area contributed by atoms with Gasteiger partial charge in [0.25, 0.3) is 0 Å². The van der Waals surface area contributed by atoms with E-state index >= 15 is 0 Å². The minimum absolute atomic E-state index is 0.221. The summed E-state index contributed by atoms with van der Waals surface area (Å²) in [5.41, 5.74) is 6.48. The summed E-state index contributed by atoms with van der Waals surface area (Å²) >= 11 is 0. The SMILES string of the molecule is CC(=O)CCc1ccc(OCCN)cc1. The summed E-state index contributed by atoms with van der Waals surface area (Å²) in [4.78, 5) is 10.8. The average molecular weight is 207 g/mol. The van der Waals surface area contributed by atoms with Gasteiger partial charge in [-0.15, -0.1) is 0 Å². The van der Waals surface area contributed by atoms with E-state index in [1.54, 1.807) is 6.92 Å². The van der Waals surface area contributed by atoms with Crippen LogP contribution in [-0.2, 0) is 11.2 Å². The first-order valence-electron chi connectivity index (χ1n) is 5.13. The number of rotatable bonds is 6. The molecule has 0 heterocycles. The van der Waals surface area contributed by atoms with E-state index in [4.69, 9.17) is 10.5 Å². The summed E-state index contributed by atoms with van der Waals surface area (Å²) in [5.74, 6) is 1.05. The van der Waals surface area contributed by atoms with Crippen LogP contribution in [-0.4, -0.2) is 18.9 Å². The Hall–Kier alpha value is -1.35. The summed E-state index contributed by atoms with van der Waals surface area (Å²) in [7, 11) is 0. The third-order valence-electron chi connectivity index (χ3n) is 2.08. The van der Waals surface area contributed by atoms with Gasteiger partial charge in [0.1, 0.15) is 18.1 Å². The zero-order valence-corrected chi connectivity index (χ0v) is 9.03. The number of ketones is 1. The van der Waals surface area contributed by atoms with Crippen molar-refractivity contribution in [1.82, 2.24) is 0 Å². The molecule has 1 aromatic rings. The second kappa shape index (κ2) is 6.19. The zero-order chi connectivity index (χ0) is 11.1. The summed E-state index contributed by atoms with van der Waals surface area (Å²) < 4.78 is 5.34. The Morgan fingerprint density at radius 2 is 2.00 bits per heavy atom. The molecule has 0 atom stereocenters. The van der Waals surface area contributed by atoms with Crippen molar-refractivity contribution in [2.75, 3.05) is 13.2 Å². The van der Waals surface area contributed by atoms with Gasteiger partial charge in [0, 0.05) is 13.0 Å². The topological polar surface area (TPSA) is 52.3 Å². The van der Waals surface area contributed by atoms with Gasteiger partial charge < -0.3 is 15.3 Å².